The fraction of sp³-hybridized carbons (Fsp3) is 0.0357. The van der Waals surface area contributed by atoms with Crippen LogP contribution >= 0.6 is 11.8 Å². The van der Waals surface area contributed by atoms with Crippen molar-refractivity contribution in [2.45, 2.75) is 6.54 Å². The molecule has 0 unspecified atom stereocenters. The van der Waals surface area contributed by atoms with E-state index in [-0.39, 0.29) is 17.2 Å². The molecule has 4 aromatic rings. The number of hydrogen-bond acceptors (Lipinski definition) is 3. The van der Waals surface area contributed by atoms with E-state index in [9.17, 15) is 9.18 Å². The molecule has 0 aliphatic carbocycles. The molecular formula is C28H19FN4OS. The SMILES string of the molecule is N=C1C(=Cc2cn(Cc3ccccc3F)c3ccccc23)C(=O)N=C2SC=C(c3ccccc3)N12. The Morgan fingerprint density at radius 2 is 1.71 bits per heavy atom. The van der Waals surface area contributed by atoms with Crippen molar-refractivity contribution in [2.24, 2.45) is 4.99 Å². The van der Waals surface area contributed by atoms with Crippen molar-refractivity contribution in [2.75, 3.05) is 0 Å². The van der Waals surface area contributed by atoms with Gasteiger partial charge in [0.1, 0.15) is 11.7 Å². The van der Waals surface area contributed by atoms with Crippen molar-refractivity contribution in [3.05, 3.63) is 119 Å². The lowest BCUT2D eigenvalue weighted by Crippen LogP contribution is -2.37. The number of nitrogens with zero attached hydrogens (tertiary/aromatic N) is 3. The van der Waals surface area contributed by atoms with E-state index in [2.05, 4.69) is 4.99 Å². The number of amidine groups is 2. The molecule has 0 saturated heterocycles. The van der Waals surface area contributed by atoms with E-state index in [1.165, 1.54) is 17.8 Å². The van der Waals surface area contributed by atoms with E-state index in [4.69, 9.17) is 5.41 Å². The molecule has 0 saturated carbocycles. The van der Waals surface area contributed by atoms with Crippen LogP contribution in [0.4, 0.5) is 4.39 Å². The minimum absolute atomic E-state index is 0.0889. The van der Waals surface area contributed by atoms with Gasteiger partial charge >= 0.3 is 0 Å². The Morgan fingerprint density at radius 3 is 2.54 bits per heavy atom. The van der Waals surface area contributed by atoms with Crippen LogP contribution in [0, 0.1) is 11.2 Å². The fourth-order valence-electron chi connectivity index (χ4n) is 4.40. The summed E-state index contributed by atoms with van der Waals surface area (Å²) in [6.07, 6.45) is 3.62. The van der Waals surface area contributed by atoms with Gasteiger partial charge in [-0.15, -0.1) is 0 Å². The zero-order chi connectivity index (χ0) is 23.9. The van der Waals surface area contributed by atoms with Crippen LogP contribution in [0.5, 0.6) is 0 Å². The number of rotatable bonds is 4. The Kier molecular flexibility index (Phi) is 5.19. The lowest BCUT2D eigenvalue weighted by molar-refractivity contribution is -0.114. The molecule has 1 aromatic heterocycles. The molecule has 0 spiro atoms. The molecule has 0 atom stereocenters. The molecule has 1 N–H and O–H groups in total. The number of para-hydroxylation sites is 1. The number of thioether (sulfide) groups is 1. The van der Waals surface area contributed by atoms with E-state index in [0.717, 1.165) is 27.7 Å². The zero-order valence-corrected chi connectivity index (χ0v) is 19.3. The van der Waals surface area contributed by atoms with E-state index in [1.807, 2.05) is 76.8 Å². The van der Waals surface area contributed by atoms with Crippen molar-refractivity contribution < 1.29 is 9.18 Å². The van der Waals surface area contributed by atoms with Gasteiger partial charge in [0.15, 0.2) is 5.17 Å². The molecule has 0 fully saturated rings. The van der Waals surface area contributed by atoms with Crippen LogP contribution in [-0.2, 0) is 11.3 Å². The summed E-state index contributed by atoms with van der Waals surface area (Å²) in [5.41, 5.74) is 4.26. The van der Waals surface area contributed by atoms with Gasteiger partial charge in [-0.05, 0) is 23.8 Å². The number of amides is 1. The zero-order valence-electron chi connectivity index (χ0n) is 18.5. The maximum absolute atomic E-state index is 14.3. The molecular weight excluding hydrogens is 459 g/mol. The summed E-state index contributed by atoms with van der Waals surface area (Å²) >= 11 is 1.34. The normalized spacial score (nSPS) is 16.6. The molecule has 6 rings (SSSR count). The predicted molar refractivity (Wildman–Crippen MR) is 139 cm³/mol. The molecule has 2 aliphatic rings. The van der Waals surface area contributed by atoms with Gasteiger partial charge in [-0.1, -0.05) is 78.5 Å². The van der Waals surface area contributed by atoms with Gasteiger partial charge in [0.2, 0.25) is 0 Å². The van der Waals surface area contributed by atoms with E-state index >= 15 is 0 Å². The summed E-state index contributed by atoms with van der Waals surface area (Å²) in [5, 5.41) is 12.2. The maximum Gasteiger partial charge on any atom is 0.283 e. The molecule has 5 nitrogen and oxygen atoms in total. The average Bonchev–Trinajstić information content (AvgIpc) is 3.45. The van der Waals surface area contributed by atoms with Crippen LogP contribution in [-0.4, -0.2) is 26.4 Å². The van der Waals surface area contributed by atoms with Crippen LogP contribution in [0.25, 0.3) is 22.7 Å². The smallest absolute Gasteiger partial charge is 0.283 e. The second kappa shape index (κ2) is 8.52. The van der Waals surface area contributed by atoms with E-state index in [0.29, 0.717) is 17.3 Å². The molecule has 1 amide bonds. The van der Waals surface area contributed by atoms with Gasteiger partial charge in [0.25, 0.3) is 5.91 Å². The minimum atomic E-state index is -0.442. The quantitative estimate of drug-likeness (QED) is 0.359. The predicted octanol–water partition coefficient (Wildman–Crippen LogP) is 6.13. The number of benzene rings is 3. The molecule has 3 heterocycles. The number of nitrogens with one attached hydrogen (secondary N) is 1. The highest BCUT2D eigenvalue weighted by Gasteiger charge is 2.36. The monoisotopic (exact) mass is 478 g/mol. The van der Waals surface area contributed by atoms with E-state index < -0.39 is 5.91 Å². The minimum Gasteiger partial charge on any atom is -0.342 e. The number of carbonyl (C=O) groups excluding carboxylic acids is 1. The van der Waals surface area contributed by atoms with Gasteiger partial charge in [0.05, 0.1) is 17.8 Å². The largest absolute Gasteiger partial charge is 0.342 e. The van der Waals surface area contributed by atoms with Crippen molar-refractivity contribution in [3.63, 3.8) is 0 Å². The van der Waals surface area contributed by atoms with Gasteiger partial charge < -0.3 is 4.57 Å². The molecule has 3 aromatic carbocycles. The van der Waals surface area contributed by atoms with E-state index in [1.54, 1.807) is 23.1 Å². The van der Waals surface area contributed by atoms with Crippen molar-refractivity contribution in [3.8, 4) is 0 Å². The summed E-state index contributed by atoms with van der Waals surface area (Å²) < 4.78 is 16.3. The first-order chi connectivity index (χ1) is 17.1. The number of fused-ring (bicyclic) bond motifs is 2. The topological polar surface area (TPSA) is 61.5 Å². The van der Waals surface area contributed by atoms with Crippen molar-refractivity contribution in [1.82, 2.24) is 9.47 Å². The third kappa shape index (κ3) is 3.70. The molecule has 7 heteroatoms. The molecule has 0 bridgehead atoms. The lowest BCUT2D eigenvalue weighted by Gasteiger charge is -2.26. The molecule has 170 valence electrons. The van der Waals surface area contributed by atoms with Gasteiger partial charge in [0, 0.05) is 33.6 Å². The highest BCUT2D eigenvalue weighted by Crippen LogP contribution is 2.37. The van der Waals surface area contributed by atoms with Gasteiger partial charge in [-0.25, -0.2) is 4.39 Å². The Balaban J connectivity index is 1.42. The molecule has 2 aliphatic heterocycles. The summed E-state index contributed by atoms with van der Waals surface area (Å²) in [5.74, 6) is -0.614. The highest BCUT2D eigenvalue weighted by molar-refractivity contribution is 8.17. The standard InChI is InChI=1S/C28H19FN4OS/c29-23-12-6-4-10-19(23)15-32-16-20(21-11-5-7-13-24(21)32)14-22-26(30)33-25(18-8-2-1-3-9-18)17-35-28(33)31-27(22)34/h1-14,16-17,30H,15H2. The van der Waals surface area contributed by atoms with Crippen LogP contribution in [0.2, 0.25) is 0 Å². The van der Waals surface area contributed by atoms with Crippen LogP contribution in [0.15, 0.2) is 101 Å². The highest BCUT2D eigenvalue weighted by atomic mass is 32.2. The number of aliphatic imine (C=N–C) groups is 1. The first kappa shape index (κ1) is 21.3. The fourth-order valence-corrected chi connectivity index (χ4v) is 5.29. The second-order valence-electron chi connectivity index (χ2n) is 8.25. The number of hydrogen-bond donors (Lipinski definition) is 1. The van der Waals surface area contributed by atoms with Gasteiger partial charge in [-0.2, -0.15) is 4.99 Å². The summed E-state index contributed by atoms with van der Waals surface area (Å²) in [4.78, 5) is 18.9. The van der Waals surface area contributed by atoms with Crippen LogP contribution in [0.3, 0.4) is 0 Å². The lowest BCUT2D eigenvalue weighted by atomic mass is 10.1. The Bertz CT molecular complexity index is 1600. The van der Waals surface area contributed by atoms with Crippen molar-refractivity contribution >= 4 is 51.3 Å². The number of carbonyl (C=O) groups is 1. The average molecular weight is 479 g/mol. The molecule has 35 heavy (non-hydrogen) atoms. The van der Waals surface area contributed by atoms with Crippen molar-refractivity contribution in [1.29, 1.82) is 5.41 Å². The second-order valence-corrected chi connectivity index (χ2v) is 9.09. The number of aromatic nitrogens is 1. The maximum atomic E-state index is 14.3. The third-order valence-corrected chi connectivity index (χ3v) is 6.93. The summed E-state index contributed by atoms with van der Waals surface area (Å²) in [6, 6.07) is 24.3. The van der Waals surface area contributed by atoms with Crippen LogP contribution < -0.4 is 0 Å². The number of halogens is 1. The molecule has 0 radical (unpaired) electrons. The first-order valence-corrected chi connectivity index (χ1v) is 12.0. The Morgan fingerprint density at radius 1 is 0.971 bits per heavy atom. The first-order valence-electron chi connectivity index (χ1n) is 11.1. The van der Waals surface area contributed by atoms with Gasteiger partial charge in [-0.3, -0.25) is 15.1 Å². The third-order valence-electron chi connectivity index (χ3n) is 6.10. The Labute approximate surface area is 205 Å². The summed E-state index contributed by atoms with van der Waals surface area (Å²) in [7, 11) is 0. The van der Waals surface area contributed by atoms with Crippen LogP contribution in [0.1, 0.15) is 16.7 Å². The Hall–Kier alpha value is -4.23. The summed E-state index contributed by atoms with van der Waals surface area (Å²) in [6.45, 7) is 0.355.